The quantitative estimate of drug-likeness (QED) is 0.809. The number of nitrogens with one attached hydrogen (secondary N) is 1. The molecule has 1 aromatic carbocycles. The normalized spacial score (nSPS) is 10.9. The van der Waals surface area contributed by atoms with Crippen molar-refractivity contribution in [3.8, 4) is 5.75 Å². The number of halogens is 2. The van der Waals surface area contributed by atoms with Gasteiger partial charge in [-0.25, -0.2) is 0 Å². The van der Waals surface area contributed by atoms with Gasteiger partial charge in [0.25, 0.3) is 0 Å². The Labute approximate surface area is 138 Å². The second-order valence-corrected chi connectivity index (χ2v) is 6.33. The van der Waals surface area contributed by atoms with E-state index in [1.165, 1.54) is 0 Å². The molecule has 0 unspecified atom stereocenters. The first-order valence-corrected chi connectivity index (χ1v) is 7.97. The molecule has 0 atom stereocenters. The minimum absolute atomic E-state index is 0.391. The first-order valence-electron chi connectivity index (χ1n) is 6.80. The molecule has 3 nitrogen and oxygen atoms in total. The van der Waals surface area contributed by atoms with Gasteiger partial charge in [0.1, 0.15) is 12.4 Å². The van der Waals surface area contributed by atoms with Crippen molar-refractivity contribution in [2.75, 3.05) is 0 Å². The molecular formula is C16H18BrClN2O. The van der Waals surface area contributed by atoms with Gasteiger partial charge in [0.15, 0.2) is 0 Å². The first kappa shape index (κ1) is 16.3. The standard InChI is InChI=1S/C16H18BrClN2O/c1-11(2)19-9-14-15(18)4-3-5-16(14)21-10-13-7-6-12(17)8-20-13/h3-8,11,19H,9-10H2,1-2H3. The number of nitrogens with zero attached hydrogens (tertiary/aromatic N) is 1. The molecule has 112 valence electrons. The van der Waals surface area contributed by atoms with Crippen LogP contribution in [0.15, 0.2) is 41.0 Å². The average Bonchev–Trinajstić information content (AvgIpc) is 2.45. The molecule has 0 saturated carbocycles. The summed E-state index contributed by atoms with van der Waals surface area (Å²) in [7, 11) is 0. The Bertz CT molecular complexity index is 587. The van der Waals surface area contributed by atoms with E-state index in [0.717, 1.165) is 21.5 Å². The number of pyridine rings is 1. The predicted molar refractivity (Wildman–Crippen MR) is 89.7 cm³/mol. The lowest BCUT2D eigenvalue weighted by Gasteiger charge is -2.15. The number of rotatable bonds is 6. The summed E-state index contributed by atoms with van der Waals surface area (Å²) >= 11 is 9.64. The zero-order chi connectivity index (χ0) is 15.2. The molecule has 2 aromatic rings. The minimum atomic E-state index is 0.391. The van der Waals surface area contributed by atoms with Crippen LogP contribution >= 0.6 is 27.5 Å². The summed E-state index contributed by atoms with van der Waals surface area (Å²) in [5.41, 5.74) is 1.85. The van der Waals surface area contributed by atoms with Crippen molar-refractivity contribution in [1.82, 2.24) is 10.3 Å². The Morgan fingerprint density at radius 1 is 1.29 bits per heavy atom. The maximum absolute atomic E-state index is 6.27. The Balaban J connectivity index is 2.08. The summed E-state index contributed by atoms with van der Waals surface area (Å²) in [6.07, 6.45) is 1.76. The smallest absolute Gasteiger partial charge is 0.130 e. The van der Waals surface area contributed by atoms with Crippen LogP contribution in [0.5, 0.6) is 5.75 Å². The molecule has 0 amide bonds. The molecule has 1 N–H and O–H groups in total. The summed E-state index contributed by atoms with van der Waals surface area (Å²) in [6.45, 7) is 5.30. The van der Waals surface area contributed by atoms with Gasteiger partial charge in [0.2, 0.25) is 0 Å². The summed E-state index contributed by atoms with van der Waals surface area (Å²) in [5.74, 6) is 0.792. The van der Waals surface area contributed by atoms with Crippen molar-refractivity contribution in [3.63, 3.8) is 0 Å². The van der Waals surface area contributed by atoms with Crippen LogP contribution in [0.25, 0.3) is 0 Å². The van der Waals surface area contributed by atoms with E-state index < -0.39 is 0 Å². The summed E-state index contributed by atoms with van der Waals surface area (Å²) in [4.78, 5) is 4.30. The topological polar surface area (TPSA) is 34.1 Å². The number of hydrogen-bond donors (Lipinski definition) is 1. The van der Waals surface area contributed by atoms with Gasteiger partial charge in [-0.2, -0.15) is 0 Å². The van der Waals surface area contributed by atoms with Crippen molar-refractivity contribution in [3.05, 3.63) is 57.3 Å². The maximum atomic E-state index is 6.27. The van der Waals surface area contributed by atoms with Crippen molar-refractivity contribution in [1.29, 1.82) is 0 Å². The van der Waals surface area contributed by atoms with Gasteiger partial charge < -0.3 is 10.1 Å². The minimum Gasteiger partial charge on any atom is -0.487 e. The van der Waals surface area contributed by atoms with E-state index in [1.807, 2.05) is 30.3 Å². The van der Waals surface area contributed by atoms with Crippen LogP contribution in [0, 0.1) is 0 Å². The van der Waals surface area contributed by atoms with Gasteiger partial charge in [0.05, 0.1) is 5.69 Å². The average molecular weight is 370 g/mol. The number of ether oxygens (including phenoxy) is 1. The van der Waals surface area contributed by atoms with Gasteiger partial charge >= 0.3 is 0 Å². The van der Waals surface area contributed by atoms with Gasteiger partial charge in [-0.05, 0) is 40.2 Å². The highest BCUT2D eigenvalue weighted by molar-refractivity contribution is 9.10. The second kappa shape index (κ2) is 7.78. The lowest BCUT2D eigenvalue weighted by molar-refractivity contribution is 0.297. The molecule has 21 heavy (non-hydrogen) atoms. The fourth-order valence-corrected chi connectivity index (χ4v) is 2.26. The van der Waals surface area contributed by atoms with Crippen LogP contribution in [-0.2, 0) is 13.2 Å². The highest BCUT2D eigenvalue weighted by Crippen LogP contribution is 2.27. The van der Waals surface area contributed by atoms with Crippen LogP contribution in [0.3, 0.4) is 0 Å². The van der Waals surface area contributed by atoms with E-state index in [9.17, 15) is 0 Å². The van der Waals surface area contributed by atoms with E-state index in [2.05, 4.69) is 40.1 Å². The molecule has 0 saturated heterocycles. The van der Waals surface area contributed by atoms with E-state index in [4.69, 9.17) is 16.3 Å². The number of aromatic nitrogens is 1. The van der Waals surface area contributed by atoms with Gasteiger partial charge in [-0.15, -0.1) is 0 Å². The van der Waals surface area contributed by atoms with Crippen LogP contribution in [0.4, 0.5) is 0 Å². The van der Waals surface area contributed by atoms with Crippen LogP contribution in [-0.4, -0.2) is 11.0 Å². The molecule has 0 aliphatic heterocycles. The molecule has 0 aliphatic rings. The Morgan fingerprint density at radius 2 is 2.10 bits per heavy atom. The first-order chi connectivity index (χ1) is 10.1. The lowest BCUT2D eigenvalue weighted by atomic mass is 10.2. The zero-order valence-corrected chi connectivity index (χ0v) is 14.4. The molecular weight excluding hydrogens is 352 g/mol. The van der Waals surface area contributed by atoms with E-state index >= 15 is 0 Å². The summed E-state index contributed by atoms with van der Waals surface area (Å²) < 4.78 is 6.83. The van der Waals surface area contributed by atoms with Gasteiger partial charge in [-0.1, -0.05) is 31.5 Å². The van der Waals surface area contributed by atoms with Crippen molar-refractivity contribution in [2.45, 2.75) is 33.0 Å². The van der Waals surface area contributed by atoms with Gasteiger partial charge in [-0.3, -0.25) is 4.98 Å². The number of benzene rings is 1. The molecule has 0 bridgehead atoms. The van der Waals surface area contributed by atoms with E-state index in [1.54, 1.807) is 6.20 Å². The highest BCUT2D eigenvalue weighted by atomic mass is 79.9. The maximum Gasteiger partial charge on any atom is 0.130 e. The van der Waals surface area contributed by atoms with Crippen LogP contribution in [0.2, 0.25) is 5.02 Å². The molecule has 0 fully saturated rings. The summed E-state index contributed by atoms with van der Waals surface area (Å²) in [5, 5.41) is 4.07. The largest absolute Gasteiger partial charge is 0.487 e. The van der Waals surface area contributed by atoms with Crippen molar-refractivity contribution < 1.29 is 4.74 Å². The zero-order valence-electron chi connectivity index (χ0n) is 12.1. The molecule has 2 rings (SSSR count). The molecule has 0 aliphatic carbocycles. The molecule has 0 spiro atoms. The fourth-order valence-electron chi connectivity index (χ4n) is 1.80. The van der Waals surface area contributed by atoms with Crippen molar-refractivity contribution in [2.24, 2.45) is 0 Å². The van der Waals surface area contributed by atoms with Gasteiger partial charge in [0, 0.05) is 33.8 Å². The molecule has 0 radical (unpaired) electrons. The summed E-state index contributed by atoms with van der Waals surface area (Å²) in [6, 6.07) is 9.98. The SMILES string of the molecule is CC(C)NCc1c(Cl)cccc1OCc1ccc(Br)cn1. The molecule has 1 aromatic heterocycles. The molecule has 1 heterocycles. The Hall–Kier alpha value is -1.10. The highest BCUT2D eigenvalue weighted by Gasteiger charge is 2.09. The third-order valence-electron chi connectivity index (χ3n) is 2.93. The lowest BCUT2D eigenvalue weighted by Crippen LogP contribution is -2.22. The van der Waals surface area contributed by atoms with E-state index in [0.29, 0.717) is 24.2 Å². The molecule has 5 heteroatoms. The van der Waals surface area contributed by atoms with Crippen LogP contribution in [0.1, 0.15) is 25.1 Å². The fraction of sp³-hybridized carbons (Fsp3) is 0.312. The number of hydrogen-bond acceptors (Lipinski definition) is 3. The Morgan fingerprint density at radius 3 is 2.76 bits per heavy atom. The Kier molecular flexibility index (Phi) is 6.03. The third kappa shape index (κ3) is 4.99. The monoisotopic (exact) mass is 368 g/mol. The second-order valence-electron chi connectivity index (χ2n) is 5.01. The van der Waals surface area contributed by atoms with Crippen molar-refractivity contribution >= 4 is 27.5 Å². The van der Waals surface area contributed by atoms with E-state index in [-0.39, 0.29) is 0 Å². The third-order valence-corrected chi connectivity index (χ3v) is 3.75. The van der Waals surface area contributed by atoms with Crippen LogP contribution < -0.4 is 10.1 Å². The predicted octanol–water partition coefficient (Wildman–Crippen LogP) is 4.57.